The Bertz CT molecular complexity index is 1610. The number of fused-ring (bicyclic) bond motifs is 1. The Morgan fingerprint density at radius 2 is 1.73 bits per heavy atom. The molecule has 2 amide bonds. The normalized spacial score (nSPS) is 14.1. The van der Waals surface area contributed by atoms with E-state index in [9.17, 15) is 19.7 Å². The number of benzene rings is 3. The van der Waals surface area contributed by atoms with Crippen LogP contribution in [0.15, 0.2) is 72.9 Å². The molecule has 0 bridgehead atoms. The van der Waals surface area contributed by atoms with Crippen LogP contribution in [0.1, 0.15) is 54.8 Å². The Morgan fingerprint density at radius 3 is 2.43 bits per heavy atom. The van der Waals surface area contributed by atoms with Gasteiger partial charge in [-0.25, -0.2) is 0 Å². The van der Waals surface area contributed by atoms with Gasteiger partial charge in [-0.3, -0.25) is 19.7 Å². The van der Waals surface area contributed by atoms with Crippen LogP contribution >= 0.6 is 0 Å². The van der Waals surface area contributed by atoms with Gasteiger partial charge in [-0.2, -0.15) is 0 Å². The topological polar surface area (TPSA) is 127 Å². The molecule has 1 aromatic heterocycles. The van der Waals surface area contributed by atoms with Crippen LogP contribution in [-0.2, 0) is 22.4 Å². The molecule has 1 aliphatic rings. The van der Waals surface area contributed by atoms with Gasteiger partial charge in [-0.05, 0) is 66.3 Å². The largest absolute Gasteiger partial charge is 0.493 e. The Kier molecular flexibility index (Phi) is 9.79. The summed E-state index contributed by atoms with van der Waals surface area (Å²) in [5.41, 5.74) is 3.10. The average Bonchev–Trinajstić information content (AvgIpc) is 3.45. The molecule has 4 aromatic rings. The van der Waals surface area contributed by atoms with Gasteiger partial charge >= 0.3 is 0 Å². The smallest absolute Gasteiger partial charge is 0.269 e. The van der Waals surface area contributed by atoms with E-state index in [2.05, 4.69) is 10.3 Å². The van der Waals surface area contributed by atoms with E-state index < -0.39 is 11.0 Å². The van der Waals surface area contributed by atoms with Crippen molar-refractivity contribution in [2.75, 3.05) is 20.8 Å². The summed E-state index contributed by atoms with van der Waals surface area (Å²) in [5.74, 6) is 0.658. The first-order valence-corrected chi connectivity index (χ1v) is 15.0. The number of carbonyl (C=O) groups is 2. The number of methoxy groups -OCH3 is 2. The van der Waals surface area contributed by atoms with Gasteiger partial charge < -0.3 is 24.7 Å². The Morgan fingerprint density at radius 1 is 1.00 bits per heavy atom. The molecule has 0 aliphatic heterocycles. The molecule has 0 saturated heterocycles. The molecule has 0 radical (unpaired) electrons. The molecule has 44 heavy (non-hydrogen) atoms. The van der Waals surface area contributed by atoms with E-state index in [4.69, 9.17) is 9.47 Å². The Balaban J connectivity index is 1.51. The third-order valence-electron chi connectivity index (χ3n) is 8.36. The Labute approximate surface area is 256 Å². The first-order chi connectivity index (χ1) is 21.4. The van der Waals surface area contributed by atoms with Crippen LogP contribution in [0.3, 0.4) is 0 Å². The maximum absolute atomic E-state index is 14.3. The summed E-state index contributed by atoms with van der Waals surface area (Å²) in [5, 5.41) is 15.5. The lowest BCUT2D eigenvalue weighted by molar-refractivity contribution is -0.384. The molecule has 10 heteroatoms. The minimum atomic E-state index is -0.976. The number of hydrogen-bond donors (Lipinski definition) is 2. The number of H-pyrrole nitrogens is 1. The van der Waals surface area contributed by atoms with E-state index in [-0.39, 0.29) is 36.5 Å². The second-order valence-electron chi connectivity index (χ2n) is 11.2. The summed E-state index contributed by atoms with van der Waals surface area (Å²) in [4.78, 5) is 44.1. The molecular formula is C34H38N4O6. The van der Waals surface area contributed by atoms with Crippen LogP contribution in [0.4, 0.5) is 5.69 Å². The van der Waals surface area contributed by atoms with Crippen molar-refractivity contribution in [1.82, 2.24) is 15.2 Å². The minimum absolute atomic E-state index is 0.0215. The van der Waals surface area contributed by atoms with Crippen molar-refractivity contribution >= 4 is 28.4 Å². The van der Waals surface area contributed by atoms with E-state index in [1.165, 1.54) is 12.1 Å². The average molecular weight is 599 g/mol. The van der Waals surface area contributed by atoms with Gasteiger partial charge in [0.05, 0.1) is 25.6 Å². The number of amides is 2. The van der Waals surface area contributed by atoms with Crippen molar-refractivity contribution in [3.05, 3.63) is 99.7 Å². The van der Waals surface area contributed by atoms with Crippen LogP contribution in [0.25, 0.3) is 10.9 Å². The third-order valence-corrected chi connectivity index (χ3v) is 8.36. The van der Waals surface area contributed by atoms with E-state index in [1.54, 1.807) is 31.3 Å². The van der Waals surface area contributed by atoms with Gasteiger partial charge in [0.2, 0.25) is 11.8 Å². The molecule has 1 fully saturated rings. The van der Waals surface area contributed by atoms with E-state index >= 15 is 0 Å². The van der Waals surface area contributed by atoms with E-state index in [1.807, 2.05) is 48.7 Å². The molecule has 5 rings (SSSR count). The van der Waals surface area contributed by atoms with E-state index in [0.717, 1.165) is 54.1 Å². The molecule has 1 aliphatic carbocycles. The molecule has 1 atom stereocenters. The van der Waals surface area contributed by atoms with Crippen LogP contribution in [0.5, 0.6) is 11.5 Å². The molecular weight excluding hydrogens is 560 g/mol. The highest BCUT2D eigenvalue weighted by molar-refractivity contribution is 5.92. The summed E-state index contributed by atoms with van der Waals surface area (Å²) >= 11 is 0. The molecule has 230 valence electrons. The number of nitro groups is 1. The highest BCUT2D eigenvalue weighted by atomic mass is 16.6. The highest BCUT2D eigenvalue weighted by Crippen LogP contribution is 2.30. The zero-order chi connectivity index (χ0) is 31.1. The number of ether oxygens (including phenoxy) is 2. The fraction of sp³-hybridized carbons (Fsp3) is 0.353. The summed E-state index contributed by atoms with van der Waals surface area (Å²) in [6, 6.07) is 18.3. The van der Waals surface area contributed by atoms with Crippen LogP contribution in [0, 0.1) is 10.1 Å². The van der Waals surface area contributed by atoms with Crippen molar-refractivity contribution in [2.45, 2.75) is 57.0 Å². The highest BCUT2D eigenvalue weighted by Gasteiger charge is 2.33. The van der Waals surface area contributed by atoms with Gasteiger partial charge in [0, 0.05) is 41.8 Å². The van der Waals surface area contributed by atoms with Gasteiger partial charge in [0.15, 0.2) is 11.5 Å². The molecule has 1 unspecified atom stereocenters. The lowest BCUT2D eigenvalue weighted by Crippen LogP contribution is -2.48. The summed E-state index contributed by atoms with van der Waals surface area (Å²) < 4.78 is 10.9. The van der Waals surface area contributed by atoms with Crippen molar-refractivity contribution in [2.24, 2.45) is 0 Å². The number of nitrogens with one attached hydrogen (secondary N) is 2. The number of rotatable bonds is 12. The first kappa shape index (κ1) is 30.6. The second kappa shape index (κ2) is 14.1. The third kappa shape index (κ3) is 7.02. The molecule has 0 spiro atoms. The molecule has 3 aromatic carbocycles. The number of carbonyl (C=O) groups excluding carboxylic acids is 2. The summed E-state index contributed by atoms with van der Waals surface area (Å²) in [6.45, 7) is 0.233. The van der Waals surface area contributed by atoms with Crippen LogP contribution in [0.2, 0.25) is 0 Å². The number of nitro benzene ring substituents is 1. The SMILES string of the molecule is COc1ccc(CCN(C(=O)Cc2c[nH]c3ccccc23)C(C(=O)NC2CCCCC2)c2ccc([N+](=O)[O-])cc2)cc1OC. The standard InChI is InChI=1S/C34H38N4O6/c1-43-30-17-12-23(20-31(30)44-2)18-19-37(32(39)21-25-22-35-29-11-7-6-10-28(25)29)33(24-13-15-27(16-14-24)38(41)42)34(40)36-26-8-4-3-5-9-26/h6-7,10-17,20,22,26,33,35H,3-5,8-9,18-19,21H2,1-2H3,(H,36,40). The van der Waals surface area contributed by atoms with Crippen LogP contribution < -0.4 is 14.8 Å². The number of aromatic nitrogens is 1. The number of aromatic amines is 1. The quantitative estimate of drug-likeness (QED) is 0.155. The summed E-state index contributed by atoms with van der Waals surface area (Å²) in [7, 11) is 3.14. The van der Waals surface area contributed by atoms with Gasteiger partial charge in [-0.15, -0.1) is 0 Å². The van der Waals surface area contributed by atoms with Crippen molar-refractivity contribution in [1.29, 1.82) is 0 Å². The second-order valence-corrected chi connectivity index (χ2v) is 11.2. The number of hydrogen-bond acceptors (Lipinski definition) is 6. The van der Waals surface area contributed by atoms with Crippen molar-refractivity contribution < 1.29 is 24.0 Å². The maximum atomic E-state index is 14.3. The van der Waals surface area contributed by atoms with Crippen molar-refractivity contribution in [3.8, 4) is 11.5 Å². The molecule has 1 heterocycles. The maximum Gasteiger partial charge on any atom is 0.269 e. The van der Waals surface area contributed by atoms with Crippen molar-refractivity contribution in [3.63, 3.8) is 0 Å². The van der Waals surface area contributed by atoms with Gasteiger partial charge in [-0.1, -0.05) is 43.5 Å². The molecule has 10 nitrogen and oxygen atoms in total. The lowest BCUT2D eigenvalue weighted by atomic mass is 9.94. The Hall–Kier alpha value is -4.86. The van der Waals surface area contributed by atoms with Crippen LogP contribution in [-0.4, -0.2) is 53.4 Å². The monoisotopic (exact) mass is 598 g/mol. The summed E-state index contributed by atoms with van der Waals surface area (Å²) in [6.07, 6.45) is 7.33. The minimum Gasteiger partial charge on any atom is -0.493 e. The zero-order valence-electron chi connectivity index (χ0n) is 25.1. The lowest BCUT2D eigenvalue weighted by Gasteiger charge is -2.33. The number of para-hydroxylation sites is 1. The number of nitrogens with zero attached hydrogens (tertiary/aromatic N) is 2. The first-order valence-electron chi connectivity index (χ1n) is 15.0. The molecule has 2 N–H and O–H groups in total. The predicted molar refractivity (Wildman–Crippen MR) is 168 cm³/mol. The number of non-ortho nitro benzene ring substituents is 1. The van der Waals surface area contributed by atoms with E-state index in [0.29, 0.717) is 23.5 Å². The van der Waals surface area contributed by atoms with Gasteiger partial charge in [0.25, 0.3) is 5.69 Å². The fourth-order valence-electron chi connectivity index (χ4n) is 6.00. The van der Waals surface area contributed by atoms with Gasteiger partial charge in [0.1, 0.15) is 6.04 Å². The zero-order valence-corrected chi connectivity index (χ0v) is 25.1. The molecule has 1 saturated carbocycles. The predicted octanol–water partition coefficient (Wildman–Crippen LogP) is 5.90. The fourth-order valence-corrected chi connectivity index (χ4v) is 6.00.